The number of methoxy groups -OCH3 is 1. The Morgan fingerprint density at radius 2 is 1.46 bits per heavy atom. The molecule has 0 unspecified atom stereocenters. The monoisotopic (exact) mass is 322 g/mol. The van der Waals surface area contributed by atoms with E-state index < -0.39 is 0 Å². The maximum atomic E-state index is 5.50. The highest BCUT2D eigenvalue weighted by atomic mass is 16.5. The Balaban J connectivity index is 2.21. The third-order valence-corrected chi connectivity index (χ3v) is 5.14. The summed E-state index contributed by atoms with van der Waals surface area (Å²) >= 11 is 0. The van der Waals surface area contributed by atoms with Gasteiger partial charge in [0.05, 0.1) is 6.61 Å². The lowest BCUT2D eigenvalue weighted by Gasteiger charge is -2.23. The lowest BCUT2D eigenvalue weighted by molar-refractivity contribution is 0.184. The number of hydrogen-bond acceptors (Lipinski definition) is 1. The van der Waals surface area contributed by atoms with Gasteiger partial charge < -0.3 is 4.74 Å². The van der Waals surface area contributed by atoms with Crippen LogP contribution in [-0.4, -0.2) is 7.11 Å². The van der Waals surface area contributed by atoms with Crippen LogP contribution >= 0.6 is 0 Å². The average molecular weight is 322 g/mol. The van der Waals surface area contributed by atoms with Gasteiger partial charge >= 0.3 is 0 Å². The van der Waals surface area contributed by atoms with E-state index in [-0.39, 0.29) is 10.8 Å². The van der Waals surface area contributed by atoms with Crippen LogP contribution < -0.4 is 0 Å². The highest BCUT2D eigenvalue weighted by Crippen LogP contribution is 2.43. The van der Waals surface area contributed by atoms with Crippen LogP contribution in [0.3, 0.4) is 0 Å². The zero-order chi connectivity index (χ0) is 17.7. The highest BCUT2D eigenvalue weighted by molar-refractivity contribution is 5.79. The molecule has 0 saturated carbocycles. The molecule has 0 fully saturated rings. The molecule has 1 aliphatic carbocycles. The summed E-state index contributed by atoms with van der Waals surface area (Å²) in [6, 6.07) is 11.8. The van der Waals surface area contributed by atoms with Crippen molar-refractivity contribution >= 4 is 0 Å². The van der Waals surface area contributed by atoms with Gasteiger partial charge in [-0.05, 0) is 56.2 Å². The summed E-state index contributed by atoms with van der Waals surface area (Å²) in [6.07, 6.45) is 1.03. The Labute approximate surface area is 147 Å². The number of ether oxygens (including phenoxy) is 1. The molecule has 3 rings (SSSR count). The maximum Gasteiger partial charge on any atom is 0.0716 e. The van der Waals surface area contributed by atoms with Crippen molar-refractivity contribution in [1.82, 2.24) is 0 Å². The third kappa shape index (κ3) is 3.02. The first-order valence-electron chi connectivity index (χ1n) is 8.90. The summed E-state index contributed by atoms with van der Waals surface area (Å²) in [5.74, 6) is 0. The van der Waals surface area contributed by atoms with Crippen LogP contribution in [0, 0.1) is 0 Å². The van der Waals surface area contributed by atoms with Crippen LogP contribution in [0.2, 0.25) is 0 Å². The van der Waals surface area contributed by atoms with Gasteiger partial charge in [-0.2, -0.15) is 0 Å². The molecule has 1 heteroatoms. The molecule has 0 N–H and O–H groups in total. The summed E-state index contributed by atoms with van der Waals surface area (Å²) in [5, 5.41) is 0. The van der Waals surface area contributed by atoms with E-state index in [4.69, 9.17) is 4.74 Å². The summed E-state index contributed by atoms with van der Waals surface area (Å²) in [6.45, 7) is 14.4. The standard InChI is InChI=1S/C23H30O/c1-22(2,3)17-9-8-15-11-19-16(14-24-7)10-18(23(4,5)6)13-21(19)20(15)12-17/h8-10,12-13H,11,14H2,1-7H3. The fourth-order valence-corrected chi connectivity index (χ4v) is 3.54. The summed E-state index contributed by atoms with van der Waals surface area (Å²) in [4.78, 5) is 0. The molecule has 0 spiro atoms. The second-order valence-corrected chi connectivity index (χ2v) is 9.14. The van der Waals surface area contributed by atoms with Crippen LogP contribution in [0.25, 0.3) is 11.1 Å². The number of fused-ring (bicyclic) bond motifs is 3. The SMILES string of the molecule is COCc1cc(C(C)(C)C)cc2c1Cc1ccc(C(C)(C)C)cc1-2. The van der Waals surface area contributed by atoms with Gasteiger partial charge in [-0.1, -0.05) is 71.9 Å². The first kappa shape index (κ1) is 17.2. The minimum atomic E-state index is 0.141. The second kappa shape index (κ2) is 5.74. The molecule has 0 radical (unpaired) electrons. The van der Waals surface area contributed by atoms with Crippen molar-refractivity contribution in [3.8, 4) is 11.1 Å². The van der Waals surface area contributed by atoms with Crippen LogP contribution in [-0.2, 0) is 28.6 Å². The van der Waals surface area contributed by atoms with Crippen molar-refractivity contribution in [2.24, 2.45) is 0 Å². The average Bonchev–Trinajstić information content (AvgIpc) is 2.84. The van der Waals surface area contributed by atoms with Crippen molar-refractivity contribution in [2.75, 3.05) is 7.11 Å². The van der Waals surface area contributed by atoms with E-state index in [2.05, 4.69) is 71.9 Å². The van der Waals surface area contributed by atoms with Crippen molar-refractivity contribution in [3.63, 3.8) is 0 Å². The van der Waals surface area contributed by atoms with E-state index in [1.165, 1.54) is 38.9 Å². The first-order chi connectivity index (χ1) is 11.1. The Kier molecular flexibility index (Phi) is 4.12. The second-order valence-electron chi connectivity index (χ2n) is 9.14. The van der Waals surface area contributed by atoms with Gasteiger partial charge in [-0.25, -0.2) is 0 Å². The smallest absolute Gasteiger partial charge is 0.0716 e. The Hall–Kier alpha value is -1.60. The predicted molar refractivity (Wildman–Crippen MR) is 103 cm³/mol. The van der Waals surface area contributed by atoms with E-state index in [0.717, 1.165) is 6.42 Å². The predicted octanol–water partition coefficient (Wildman–Crippen LogP) is 6.00. The van der Waals surface area contributed by atoms with Crippen molar-refractivity contribution in [1.29, 1.82) is 0 Å². The molecule has 2 aromatic carbocycles. The first-order valence-corrected chi connectivity index (χ1v) is 8.90. The van der Waals surface area contributed by atoms with Crippen LogP contribution in [0.1, 0.15) is 69.4 Å². The van der Waals surface area contributed by atoms with E-state index in [1.54, 1.807) is 7.11 Å². The number of rotatable bonds is 2. The van der Waals surface area contributed by atoms with Crippen LogP contribution in [0.4, 0.5) is 0 Å². The minimum Gasteiger partial charge on any atom is -0.380 e. The summed E-state index contributed by atoms with van der Waals surface area (Å²) in [5.41, 5.74) is 10.2. The van der Waals surface area contributed by atoms with Gasteiger partial charge in [0.1, 0.15) is 0 Å². The highest BCUT2D eigenvalue weighted by Gasteiger charge is 2.26. The quantitative estimate of drug-likeness (QED) is 0.562. The molecule has 128 valence electrons. The normalized spacial score (nSPS) is 13.8. The van der Waals surface area contributed by atoms with Crippen LogP contribution in [0.5, 0.6) is 0 Å². The summed E-state index contributed by atoms with van der Waals surface area (Å²) in [7, 11) is 1.79. The van der Waals surface area contributed by atoms with Crippen LogP contribution in [0.15, 0.2) is 30.3 Å². The zero-order valence-electron chi connectivity index (χ0n) is 16.2. The molecule has 0 bridgehead atoms. The largest absolute Gasteiger partial charge is 0.380 e. The molecule has 0 atom stereocenters. The maximum absolute atomic E-state index is 5.50. The van der Waals surface area contributed by atoms with Gasteiger partial charge in [-0.15, -0.1) is 0 Å². The van der Waals surface area contributed by atoms with Crippen molar-refractivity contribution in [3.05, 3.63) is 58.1 Å². The third-order valence-electron chi connectivity index (χ3n) is 5.14. The molecule has 24 heavy (non-hydrogen) atoms. The molecule has 1 nitrogen and oxygen atoms in total. The van der Waals surface area contributed by atoms with Gasteiger partial charge in [0.15, 0.2) is 0 Å². The molecule has 0 heterocycles. The molecular weight excluding hydrogens is 292 g/mol. The molecular formula is C23H30O. The molecule has 0 saturated heterocycles. The van der Waals surface area contributed by atoms with Gasteiger partial charge in [0, 0.05) is 7.11 Å². The Morgan fingerprint density at radius 1 is 0.833 bits per heavy atom. The van der Waals surface area contributed by atoms with E-state index in [0.29, 0.717) is 6.61 Å². The topological polar surface area (TPSA) is 9.23 Å². The Morgan fingerprint density at radius 3 is 2.04 bits per heavy atom. The van der Waals surface area contributed by atoms with Gasteiger partial charge in [0.2, 0.25) is 0 Å². The molecule has 0 amide bonds. The number of benzene rings is 2. The number of hydrogen-bond donors (Lipinski definition) is 0. The molecule has 0 aromatic heterocycles. The molecule has 1 aliphatic rings. The van der Waals surface area contributed by atoms with Gasteiger partial charge in [-0.3, -0.25) is 0 Å². The Bertz CT molecular complexity index is 770. The van der Waals surface area contributed by atoms with E-state index in [1.807, 2.05) is 0 Å². The lowest BCUT2D eigenvalue weighted by Crippen LogP contribution is -2.13. The summed E-state index contributed by atoms with van der Waals surface area (Å²) < 4.78 is 5.50. The molecule has 2 aromatic rings. The van der Waals surface area contributed by atoms with Crippen molar-refractivity contribution in [2.45, 2.75) is 65.4 Å². The fourth-order valence-electron chi connectivity index (χ4n) is 3.54. The molecule has 0 aliphatic heterocycles. The van der Waals surface area contributed by atoms with Gasteiger partial charge in [0.25, 0.3) is 0 Å². The lowest BCUT2D eigenvalue weighted by atomic mass is 9.82. The minimum absolute atomic E-state index is 0.141. The van der Waals surface area contributed by atoms with E-state index >= 15 is 0 Å². The van der Waals surface area contributed by atoms with E-state index in [9.17, 15) is 0 Å². The zero-order valence-corrected chi connectivity index (χ0v) is 16.2. The fraction of sp³-hybridized carbons (Fsp3) is 0.478. The van der Waals surface area contributed by atoms with Crippen molar-refractivity contribution < 1.29 is 4.74 Å².